The summed E-state index contributed by atoms with van der Waals surface area (Å²) < 4.78 is 19.1. The molecule has 1 aromatic heterocycles. The fourth-order valence-electron chi connectivity index (χ4n) is 2.85. The van der Waals surface area contributed by atoms with Crippen LogP contribution in [0.15, 0.2) is 58.1 Å². The predicted octanol–water partition coefficient (Wildman–Crippen LogP) is 5.14. The summed E-state index contributed by atoms with van der Waals surface area (Å²) in [6.07, 6.45) is 3.65. The van der Waals surface area contributed by atoms with E-state index in [0.29, 0.717) is 24.9 Å². The standard InChI is InChI=1S/C22H25FN4OS.HI/c1-15-4-6-16(7-5-15)21-27-20(13-28-21)12-26-22(24-2)25-11-17-8-9-19(23)10-18(17)14-29-3;/h4-10,13H,11-12,14H2,1-3H3,(H2,24,25,26);1H. The molecule has 0 aliphatic heterocycles. The van der Waals surface area contributed by atoms with Crippen LogP contribution in [0, 0.1) is 12.7 Å². The molecule has 160 valence electrons. The van der Waals surface area contributed by atoms with E-state index in [2.05, 4.69) is 20.6 Å². The Morgan fingerprint density at radius 2 is 1.83 bits per heavy atom. The quantitative estimate of drug-likeness (QED) is 0.247. The summed E-state index contributed by atoms with van der Waals surface area (Å²) in [5, 5.41) is 6.50. The van der Waals surface area contributed by atoms with Crippen molar-refractivity contribution in [1.29, 1.82) is 0 Å². The molecule has 2 aromatic carbocycles. The van der Waals surface area contributed by atoms with Crippen LogP contribution in [0.3, 0.4) is 0 Å². The first-order chi connectivity index (χ1) is 14.1. The number of aryl methyl sites for hydroxylation is 1. The first kappa shape index (κ1) is 24.2. The number of rotatable bonds is 7. The van der Waals surface area contributed by atoms with Crippen LogP contribution in [0.2, 0.25) is 0 Å². The van der Waals surface area contributed by atoms with E-state index in [1.807, 2.05) is 43.5 Å². The van der Waals surface area contributed by atoms with Crippen LogP contribution in [0.25, 0.3) is 11.5 Å². The van der Waals surface area contributed by atoms with E-state index in [1.165, 1.54) is 11.6 Å². The number of oxazole rings is 1. The molecule has 8 heteroatoms. The van der Waals surface area contributed by atoms with Crippen LogP contribution in [0.1, 0.15) is 22.4 Å². The molecule has 0 aliphatic rings. The van der Waals surface area contributed by atoms with Crippen LogP contribution >= 0.6 is 35.7 Å². The van der Waals surface area contributed by atoms with Crippen LogP contribution in [-0.4, -0.2) is 24.2 Å². The Balaban J connectivity index is 0.00000320. The van der Waals surface area contributed by atoms with Crippen molar-refractivity contribution in [3.63, 3.8) is 0 Å². The van der Waals surface area contributed by atoms with Crippen molar-refractivity contribution in [2.45, 2.75) is 25.8 Å². The van der Waals surface area contributed by atoms with E-state index >= 15 is 0 Å². The minimum atomic E-state index is -0.212. The molecule has 3 rings (SSSR count). The minimum Gasteiger partial charge on any atom is -0.444 e. The number of halogens is 2. The summed E-state index contributed by atoms with van der Waals surface area (Å²) in [4.78, 5) is 8.77. The van der Waals surface area contributed by atoms with Gasteiger partial charge in [0.1, 0.15) is 12.1 Å². The van der Waals surface area contributed by atoms with Gasteiger partial charge in [0.05, 0.1) is 12.2 Å². The number of aromatic nitrogens is 1. The number of guanidine groups is 1. The smallest absolute Gasteiger partial charge is 0.226 e. The third kappa shape index (κ3) is 6.73. The van der Waals surface area contributed by atoms with Gasteiger partial charge in [-0.2, -0.15) is 11.8 Å². The highest BCUT2D eigenvalue weighted by Crippen LogP contribution is 2.19. The lowest BCUT2D eigenvalue weighted by molar-refractivity contribution is 0.572. The van der Waals surface area contributed by atoms with Gasteiger partial charge in [-0.25, -0.2) is 9.37 Å². The second-order valence-electron chi connectivity index (χ2n) is 6.64. The van der Waals surface area contributed by atoms with Crippen molar-refractivity contribution >= 4 is 41.7 Å². The Hall–Kier alpha value is -2.07. The van der Waals surface area contributed by atoms with Crippen molar-refractivity contribution < 1.29 is 8.81 Å². The van der Waals surface area contributed by atoms with Gasteiger partial charge in [-0.15, -0.1) is 24.0 Å². The van der Waals surface area contributed by atoms with E-state index in [1.54, 1.807) is 31.1 Å². The van der Waals surface area contributed by atoms with Gasteiger partial charge in [-0.1, -0.05) is 23.8 Å². The molecular weight excluding hydrogens is 514 g/mol. The molecule has 0 bridgehead atoms. The molecule has 0 amide bonds. The molecule has 0 unspecified atom stereocenters. The summed E-state index contributed by atoms with van der Waals surface area (Å²) in [6.45, 7) is 3.09. The fraction of sp³-hybridized carbons (Fsp3) is 0.273. The lowest BCUT2D eigenvalue weighted by atomic mass is 10.1. The maximum Gasteiger partial charge on any atom is 0.226 e. The van der Waals surface area contributed by atoms with Crippen molar-refractivity contribution in [1.82, 2.24) is 15.6 Å². The Bertz CT molecular complexity index is 976. The van der Waals surface area contributed by atoms with Gasteiger partial charge in [-0.3, -0.25) is 4.99 Å². The average Bonchev–Trinajstić information content (AvgIpc) is 3.19. The maximum atomic E-state index is 13.5. The third-order valence-electron chi connectivity index (χ3n) is 4.43. The summed E-state index contributed by atoms with van der Waals surface area (Å²) in [5.41, 5.74) is 4.96. The Morgan fingerprint density at radius 3 is 2.53 bits per heavy atom. The van der Waals surface area contributed by atoms with Crippen LogP contribution < -0.4 is 10.6 Å². The number of aliphatic imine (C=N–C) groups is 1. The topological polar surface area (TPSA) is 62.5 Å². The lowest BCUT2D eigenvalue weighted by Crippen LogP contribution is -2.36. The summed E-state index contributed by atoms with van der Waals surface area (Å²) in [7, 11) is 1.71. The third-order valence-corrected chi connectivity index (χ3v) is 5.02. The Kier molecular flexibility index (Phi) is 9.64. The van der Waals surface area contributed by atoms with E-state index in [-0.39, 0.29) is 29.8 Å². The Labute approximate surface area is 198 Å². The molecule has 1 heterocycles. The molecular formula is C22H26FIN4OS. The van der Waals surface area contributed by atoms with Gasteiger partial charge >= 0.3 is 0 Å². The zero-order valence-electron chi connectivity index (χ0n) is 17.2. The van der Waals surface area contributed by atoms with Crippen LogP contribution in [0.5, 0.6) is 0 Å². The van der Waals surface area contributed by atoms with Crippen LogP contribution in [-0.2, 0) is 18.8 Å². The molecule has 2 N–H and O–H groups in total. The second kappa shape index (κ2) is 11.9. The van der Waals surface area contributed by atoms with Crippen LogP contribution in [0.4, 0.5) is 4.39 Å². The zero-order valence-corrected chi connectivity index (χ0v) is 20.4. The van der Waals surface area contributed by atoms with E-state index in [9.17, 15) is 4.39 Å². The number of nitrogens with one attached hydrogen (secondary N) is 2. The summed E-state index contributed by atoms with van der Waals surface area (Å²) >= 11 is 1.67. The molecule has 0 atom stereocenters. The SMILES string of the molecule is CN=C(NCc1coc(-c2ccc(C)cc2)n1)NCc1ccc(F)cc1CSC.I. The molecule has 0 fully saturated rings. The highest BCUT2D eigenvalue weighted by molar-refractivity contribution is 14.0. The van der Waals surface area contributed by atoms with E-state index in [4.69, 9.17) is 4.42 Å². The van der Waals surface area contributed by atoms with Crippen molar-refractivity contribution in [2.75, 3.05) is 13.3 Å². The van der Waals surface area contributed by atoms with Gasteiger partial charge in [-0.05, 0) is 48.6 Å². The van der Waals surface area contributed by atoms with Crippen molar-refractivity contribution in [2.24, 2.45) is 4.99 Å². The first-order valence-electron chi connectivity index (χ1n) is 9.31. The summed E-state index contributed by atoms with van der Waals surface area (Å²) in [6, 6.07) is 12.9. The average molecular weight is 540 g/mol. The highest BCUT2D eigenvalue weighted by atomic mass is 127. The first-order valence-corrected chi connectivity index (χ1v) is 10.7. The number of benzene rings is 2. The Morgan fingerprint density at radius 1 is 1.10 bits per heavy atom. The van der Waals surface area contributed by atoms with Gasteiger partial charge in [0.2, 0.25) is 5.89 Å². The van der Waals surface area contributed by atoms with Crippen molar-refractivity contribution in [3.8, 4) is 11.5 Å². The molecule has 3 aromatic rings. The molecule has 0 saturated carbocycles. The zero-order chi connectivity index (χ0) is 20.6. The normalized spacial score (nSPS) is 11.1. The molecule has 0 spiro atoms. The predicted molar refractivity (Wildman–Crippen MR) is 133 cm³/mol. The monoisotopic (exact) mass is 540 g/mol. The minimum absolute atomic E-state index is 0. The largest absolute Gasteiger partial charge is 0.444 e. The number of hydrogen-bond donors (Lipinski definition) is 2. The number of hydrogen-bond acceptors (Lipinski definition) is 4. The fourth-order valence-corrected chi connectivity index (χ4v) is 3.43. The van der Waals surface area contributed by atoms with Gasteiger partial charge in [0.15, 0.2) is 5.96 Å². The van der Waals surface area contributed by atoms with Crippen molar-refractivity contribution in [3.05, 3.63) is 76.9 Å². The molecule has 30 heavy (non-hydrogen) atoms. The molecule has 0 radical (unpaired) electrons. The second-order valence-corrected chi connectivity index (χ2v) is 7.50. The van der Waals surface area contributed by atoms with Gasteiger partial charge < -0.3 is 15.1 Å². The lowest BCUT2D eigenvalue weighted by Gasteiger charge is -2.13. The summed E-state index contributed by atoms with van der Waals surface area (Å²) in [5.74, 6) is 1.79. The van der Waals surface area contributed by atoms with E-state index < -0.39 is 0 Å². The number of nitrogens with zero attached hydrogens (tertiary/aromatic N) is 2. The van der Waals surface area contributed by atoms with Gasteiger partial charge in [0, 0.05) is 24.9 Å². The maximum absolute atomic E-state index is 13.5. The molecule has 5 nitrogen and oxygen atoms in total. The highest BCUT2D eigenvalue weighted by Gasteiger charge is 2.09. The van der Waals surface area contributed by atoms with Gasteiger partial charge in [0.25, 0.3) is 0 Å². The van der Waals surface area contributed by atoms with E-state index in [0.717, 1.165) is 28.1 Å². The molecule has 0 saturated heterocycles. The molecule has 0 aliphatic carbocycles. The number of thioether (sulfide) groups is 1.